The lowest BCUT2D eigenvalue weighted by Gasteiger charge is -2.37. The molecule has 1 aliphatic heterocycles. The maximum Gasteiger partial charge on any atom is 0.278 e. The Morgan fingerprint density at radius 3 is 2.67 bits per heavy atom. The number of aromatic nitrogens is 5. The number of fused-ring (bicyclic) bond motifs is 2. The van der Waals surface area contributed by atoms with Crippen molar-refractivity contribution < 1.29 is 6.48 Å². The average molecular weight is 582 g/mol. The van der Waals surface area contributed by atoms with E-state index in [-0.39, 0.29) is 12.1 Å². The number of rotatable bonds is 7. The standard InChI is InChI=1S/C33H40N8O2/c1-5-16-40-31(43)25-20-34-32(35-23-7-8-26(21(2)19-23)39-17-11-24(12-18-39)38(3)4)37-30(25)41(40)27-9-6-22-10-13-33(14-15-33)29(42)28(22)36-27/h5-9,19-20,24,29,42H,1,10-18H2,2-4H3,(H,34,35,37)/i29D. The fraction of sp³-hybridized carbons (Fsp3) is 0.455. The van der Waals surface area contributed by atoms with Gasteiger partial charge in [0.1, 0.15) is 11.5 Å². The smallest absolute Gasteiger partial charge is 0.278 e. The molecule has 10 heteroatoms. The van der Waals surface area contributed by atoms with Gasteiger partial charge in [-0.2, -0.15) is 4.98 Å². The summed E-state index contributed by atoms with van der Waals surface area (Å²) in [6.45, 7) is 8.26. The summed E-state index contributed by atoms with van der Waals surface area (Å²) in [5.74, 6) is 0.775. The molecule has 1 saturated carbocycles. The molecule has 0 radical (unpaired) electrons. The van der Waals surface area contributed by atoms with Crippen LogP contribution in [0.3, 0.4) is 0 Å². The van der Waals surface area contributed by atoms with Crippen molar-refractivity contribution in [1.82, 2.24) is 29.2 Å². The second-order valence-corrected chi connectivity index (χ2v) is 12.5. The van der Waals surface area contributed by atoms with E-state index in [1.165, 1.54) is 22.1 Å². The number of aryl methyl sites for hydroxylation is 2. The molecule has 1 saturated heterocycles. The van der Waals surface area contributed by atoms with Crippen LogP contribution in [0.25, 0.3) is 16.9 Å². The van der Waals surface area contributed by atoms with Gasteiger partial charge in [0.15, 0.2) is 11.5 Å². The molecule has 4 heterocycles. The number of pyridine rings is 1. The van der Waals surface area contributed by atoms with E-state index < -0.39 is 11.5 Å². The number of benzene rings is 1. The van der Waals surface area contributed by atoms with E-state index in [1.807, 2.05) is 18.2 Å². The first kappa shape index (κ1) is 26.6. The molecular formula is C33H40N8O2. The fourth-order valence-electron chi connectivity index (χ4n) is 6.83. The minimum Gasteiger partial charge on any atom is -0.386 e. The zero-order valence-corrected chi connectivity index (χ0v) is 25.2. The van der Waals surface area contributed by atoms with E-state index in [4.69, 9.17) is 11.3 Å². The highest BCUT2D eigenvalue weighted by atomic mass is 16.3. The Balaban J connectivity index is 1.22. The van der Waals surface area contributed by atoms with Crippen LogP contribution in [0, 0.1) is 12.3 Å². The highest BCUT2D eigenvalue weighted by molar-refractivity contribution is 5.77. The number of hydrogen-bond donors (Lipinski definition) is 2. The van der Waals surface area contributed by atoms with E-state index in [0.717, 1.165) is 62.9 Å². The third-order valence-electron chi connectivity index (χ3n) is 9.60. The maximum absolute atomic E-state index is 13.5. The monoisotopic (exact) mass is 581 g/mol. The molecule has 7 rings (SSSR count). The molecule has 2 aliphatic carbocycles. The van der Waals surface area contributed by atoms with E-state index in [2.05, 4.69) is 59.8 Å². The quantitative estimate of drug-likeness (QED) is 0.308. The summed E-state index contributed by atoms with van der Waals surface area (Å²) in [7, 11) is 4.31. The topological polar surface area (TPSA) is 104 Å². The largest absolute Gasteiger partial charge is 0.386 e. The molecule has 224 valence electrons. The second-order valence-electron chi connectivity index (χ2n) is 12.5. The molecule has 2 fully saturated rings. The maximum atomic E-state index is 13.5. The Morgan fingerprint density at radius 1 is 1.19 bits per heavy atom. The normalized spacial score (nSPS) is 21.7. The number of piperidine rings is 1. The van der Waals surface area contributed by atoms with E-state index in [0.29, 0.717) is 34.5 Å². The number of allylic oxidation sites excluding steroid dienone is 1. The van der Waals surface area contributed by atoms with Gasteiger partial charge in [0.05, 0.1) is 13.6 Å². The molecule has 4 aromatic rings. The van der Waals surface area contributed by atoms with E-state index in [9.17, 15) is 9.90 Å². The molecule has 1 unspecified atom stereocenters. The molecule has 1 spiro atoms. The van der Waals surface area contributed by atoms with Gasteiger partial charge in [-0.3, -0.25) is 4.79 Å². The van der Waals surface area contributed by atoms with Crippen LogP contribution >= 0.6 is 0 Å². The third-order valence-corrected chi connectivity index (χ3v) is 9.60. The summed E-state index contributed by atoms with van der Waals surface area (Å²) in [6, 6.07) is 10.7. The second kappa shape index (κ2) is 10.6. The van der Waals surface area contributed by atoms with Gasteiger partial charge in [-0.05, 0) is 94.9 Å². The van der Waals surface area contributed by atoms with Crippen LogP contribution in [0.2, 0.25) is 0 Å². The van der Waals surface area contributed by atoms with Crippen molar-refractivity contribution in [2.45, 2.75) is 64.1 Å². The lowest BCUT2D eigenvalue weighted by Crippen LogP contribution is -2.42. The van der Waals surface area contributed by atoms with Crippen LogP contribution in [0.1, 0.15) is 56.4 Å². The van der Waals surface area contributed by atoms with Crippen molar-refractivity contribution >= 4 is 28.4 Å². The molecule has 1 atom stereocenters. The van der Waals surface area contributed by atoms with Crippen molar-refractivity contribution in [3.05, 3.63) is 76.4 Å². The summed E-state index contributed by atoms with van der Waals surface area (Å²) in [5.41, 5.74) is 4.20. The summed E-state index contributed by atoms with van der Waals surface area (Å²) in [5, 5.41) is 15.0. The Bertz CT molecular complexity index is 1810. The number of anilines is 3. The van der Waals surface area contributed by atoms with Crippen molar-refractivity contribution in [2.75, 3.05) is 37.4 Å². The summed E-state index contributed by atoms with van der Waals surface area (Å²) < 4.78 is 12.0. The molecule has 0 bridgehead atoms. The highest BCUT2D eigenvalue weighted by Gasteiger charge is 2.52. The van der Waals surface area contributed by atoms with E-state index >= 15 is 0 Å². The lowest BCUT2D eigenvalue weighted by molar-refractivity contribution is 0.0734. The van der Waals surface area contributed by atoms with Crippen LogP contribution in [-0.2, 0) is 13.0 Å². The van der Waals surface area contributed by atoms with Gasteiger partial charge >= 0.3 is 0 Å². The first-order valence-electron chi connectivity index (χ1n) is 15.7. The summed E-state index contributed by atoms with van der Waals surface area (Å²) in [6.07, 6.45) is 6.92. The number of hydrogen-bond acceptors (Lipinski definition) is 8. The fourth-order valence-corrected chi connectivity index (χ4v) is 6.83. The number of aliphatic hydroxyl groups is 1. The van der Waals surface area contributed by atoms with Gasteiger partial charge in [0.2, 0.25) is 5.95 Å². The average Bonchev–Trinajstić information content (AvgIpc) is 3.76. The molecule has 1 aromatic carbocycles. The van der Waals surface area contributed by atoms with Gasteiger partial charge in [0.25, 0.3) is 5.56 Å². The van der Waals surface area contributed by atoms with Gasteiger partial charge in [-0.1, -0.05) is 12.1 Å². The molecule has 43 heavy (non-hydrogen) atoms. The van der Waals surface area contributed by atoms with Crippen molar-refractivity contribution in [3.63, 3.8) is 0 Å². The molecule has 3 aliphatic rings. The zero-order valence-electron chi connectivity index (χ0n) is 26.2. The SMILES string of the molecule is [2H]C1(O)c2nc(-n3c4nc(Nc5ccc(N6CCC(N(C)C)CC6)c(C)c5)ncc4c(=O)n3CC=C)ccc2CCC12CC2. The van der Waals surface area contributed by atoms with Crippen LogP contribution < -0.4 is 15.8 Å². The minimum absolute atomic E-state index is 0.234. The molecule has 0 amide bonds. The van der Waals surface area contributed by atoms with Gasteiger partial charge in [0, 0.05) is 42.1 Å². The van der Waals surface area contributed by atoms with Crippen LogP contribution in [0.5, 0.6) is 0 Å². The lowest BCUT2D eigenvalue weighted by atomic mass is 9.82. The van der Waals surface area contributed by atoms with Gasteiger partial charge < -0.3 is 20.2 Å². The van der Waals surface area contributed by atoms with Gasteiger partial charge in [-0.15, -0.1) is 6.58 Å². The predicted octanol–water partition coefficient (Wildman–Crippen LogP) is 4.51. The molecule has 3 aromatic heterocycles. The molecular weight excluding hydrogens is 540 g/mol. The first-order chi connectivity index (χ1) is 21.1. The van der Waals surface area contributed by atoms with Crippen LogP contribution in [0.4, 0.5) is 17.3 Å². The Labute approximate surface area is 253 Å². The molecule has 10 nitrogen and oxygen atoms in total. The Hall–Kier alpha value is -4.02. The number of nitrogens with zero attached hydrogens (tertiary/aromatic N) is 7. The summed E-state index contributed by atoms with van der Waals surface area (Å²) in [4.78, 5) is 32.3. The number of nitrogens with one attached hydrogen (secondary N) is 1. The van der Waals surface area contributed by atoms with Crippen molar-refractivity contribution in [1.29, 1.82) is 0 Å². The van der Waals surface area contributed by atoms with Crippen LogP contribution in [0.15, 0.2) is 54.0 Å². The van der Waals surface area contributed by atoms with Crippen molar-refractivity contribution in [3.8, 4) is 5.82 Å². The molecule has 2 N–H and O–H groups in total. The van der Waals surface area contributed by atoms with E-state index in [1.54, 1.807) is 10.8 Å². The first-order valence-corrected chi connectivity index (χ1v) is 15.2. The van der Waals surface area contributed by atoms with Crippen molar-refractivity contribution in [2.24, 2.45) is 5.41 Å². The Morgan fingerprint density at radius 2 is 1.98 bits per heavy atom. The minimum atomic E-state index is -1.77. The van der Waals surface area contributed by atoms with Gasteiger partial charge in [-0.25, -0.2) is 19.3 Å². The summed E-state index contributed by atoms with van der Waals surface area (Å²) >= 11 is 0. The Kier molecular flexibility index (Phi) is 6.56. The van der Waals surface area contributed by atoms with Crippen LogP contribution in [-0.4, -0.2) is 67.5 Å². The predicted molar refractivity (Wildman–Crippen MR) is 169 cm³/mol. The third kappa shape index (κ3) is 4.82. The zero-order chi connectivity index (χ0) is 30.8. The highest BCUT2D eigenvalue weighted by Crippen LogP contribution is 2.60.